The molecular formula is C17H20N2O5. The Bertz CT molecular complexity index is 770. The quantitative estimate of drug-likeness (QED) is 0.778. The van der Waals surface area contributed by atoms with Crippen LogP contribution in [0.4, 0.5) is 0 Å². The third kappa shape index (κ3) is 4.14. The first-order chi connectivity index (χ1) is 11.6. The van der Waals surface area contributed by atoms with Crippen molar-refractivity contribution < 1.29 is 19.4 Å². The molecule has 2 rings (SSSR count). The number of nitrogens with one attached hydrogen (secondary N) is 1. The van der Waals surface area contributed by atoms with Gasteiger partial charge in [-0.3, -0.25) is 9.59 Å². The molecule has 7 nitrogen and oxygen atoms in total. The number of aliphatic hydroxyl groups excluding tert-OH is 1. The van der Waals surface area contributed by atoms with E-state index in [4.69, 9.17) is 9.47 Å². The molecule has 1 aromatic carbocycles. The van der Waals surface area contributed by atoms with Crippen molar-refractivity contribution in [2.24, 2.45) is 0 Å². The number of hydrogen-bond acceptors (Lipinski definition) is 5. The van der Waals surface area contributed by atoms with Gasteiger partial charge in [-0.25, -0.2) is 0 Å². The van der Waals surface area contributed by atoms with Crippen molar-refractivity contribution in [1.82, 2.24) is 9.88 Å². The maximum Gasteiger partial charge on any atom is 0.240 e. The largest absolute Gasteiger partial charge is 0.496 e. The molecule has 0 bridgehead atoms. The zero-order valence-corrected chi connectivity index (χ0v) is 13.6. The lowest BCUT2D eigenvalue weighted by Crippen LogP contribution is -2.29. The summed E-state index contributed by atoms with van der Waals surface area (Å²) in [5.41, 5.74) is 0.855. The number of ether oxygens (including phenoxy) is 2. The molecule has 128 valence electrons. The highest BCUT2D eigenvalue weighted by atomic mass is 16.5. The van der Waals surface area contributed by atoms with E-state index in [9.17, 15) is 14.7 Å². The fraction of sp³-hybridized carbons (Fsp3) is 0.294. The van der Waals surface area contributed by atoms with Gasteiger partial charge in [-0.05, 0) is 6.07 Å². The van der Waals surface area contributed by atoms with Gasteiger partial charge in [0.1, 0.15) is 12.3 Å². The normalized spacial score (nSPS) is 10.3. The summed E-state index contributed by atoms with van der Waals surface area (Å²) in [6.07, 6.45) is 1.41. The predicted molar refractivity (Wildman–Crippen MR) is 88.0 cm³/mol. The molecule has 0 radical (unpaired) electrons. The third-order valence-corrected chi connectivity index (χ3v) is 3.55. The number of para-hydroxylation sites is 1. The highest BCUT2D eigenvalue weighted by molar-refractivity contribution is 5.76. The topological polar surface area (TPSA) is 89.8 Å². The number of aromatic nitrogens is 1. The molecule has 1 amide bonds. The van der Waals surface area contributed by atoms with E-state index in [0.717, 1.165) is 5.56 Å². The van der Waals surface area contributed by atoms with E-state index in [-0.39, 0.29) is 30.2 Å². The van der Waals surface area contributed by atoms with Crippen molar-refractivity contribution in [1.29, 1.82) is 0 Å². The standard InChI is InChI=1S/C17H20N2O5/c1-23-15-6-4-3-5-12(15)8-18-17(22)10-19-9-16(24-2)14(21)7-13(19)11-20/h3-7,9,20H,8,10-11H2,1-2H3,(H,18,22). The monoisotopic (exact) mass is 332 g/mol. The molecule has 0 spiro atoms. The van der Waals surface area contributed by atoms with Crippen LogP contribution in [-0.4, -0.2) is 29.8 Å². The van der Waals surface area contributed by atoms with Gasteiger partial charge in [-0.15, -0.1) is 0 Å². The predicted octanol–water partition coefficient (Wildman–Crippen LogP) is 0.674. The van der Waals surface area contributed by atoms with Gasteiger partial charge in [0.25, 0.3) is 0 Å². The molecule has 2 aromatic rings. The summed E-state index contributed by atoms with van der Waals surface area (Å²) in [6.45, 7) is -0.0741. The summed E-state index contributed by atoms with van der Waals surface area (Å²) in [5, 5.41) is 12.1. The van der Waals surface area contributed by atoms with E-state index in [1.807, 2.05) is 24.3 Å². The van der Waals surface area contributed by atoms with Crippen LogP contribution in [0.2, 0.25) is 0 Å². The maximum absolute atomic E-state index is 12.2. The Balaban J connectivity index is 2.08. The lowest BCUT2D eigenvalue weighted by Gasteiger charge is -2.14. The second kappa shape index (κ2) is 8.16. The second-order valence-electron chi connectivity index (χ2n) is 5.07. The van der Waals surface area contributed by atoms with Crippen LogP contribution < -0.4 is 20.2 Å². The lowest BCUT2D eigenvalue weighted by molar-refractivity contribution is -0.121. The molecule has 0 atom stereocenters. The number of carbonyl (C=O) groups is 1. The number of benzene rings is 1. The van der Waals surface area contributed by atoms with Crippen LogP contribution in [0.25, 0.3) is 0 Å². The summed E-state index contributed by atoms with van der Waals surface area (Å²) in [5.74, 6) is 0.546. The molecule has 0 saturated carbocycles. The molecule has 0 aliphatic heterocycles. The number of pyridine rings is 1. The van der Waals surface area contributed by atoms with Gasteiger partial charge >= 0.3 is 0 Å². The van der Waals surface area contributed by atoms with Gasteiger partial charge in [0.05, 0.1) is 27.0 Å². The van der Waals surface area contributed by atoms with E-state index < -0.39 is 0 Å². The van der Waals surface area contributed by atoms with Crippen LogP contribution in [0, 0.1) is 0 Å². The first-order valence-electron chi connectivity index (χ1n) is 7.35. The first-order valence-corrected chi connectivity index (χ1v) is 7.35. The Hall–Kier alpha value is -2.80. The first kappa shape index (κ1) is 17.6. The van der Waals surface area contributed by atoms with E-state index >= 15 is 0 Å². The minimum absolute atomic E-state index is 0.0400. The van der Waals surface area contributed by atoms with Crippen molar-refractivity contribution in [3.8, 4) is 11.5 Å². The molecule has 0 fully saturated rings. The average molecular weight is 332 g/mol. The number of methoxy groups -OCH3 is 2. The fourth-order valence-electron chi connectivity index (χ4n) is 2.28. The fourth-order valence-corrected chi connectivity index (χ4v) is 2.28. The molecule has 7 heteroatoms. The zero-order chi connectivity index (χ0) is 17.5. The molecule has 1 aromatic heterocycles. The highest BCUT2D eigenvalue weighted by Gasteiger charge is 2.10. The van der Waals surface area contributed by atoms with Crippen LogP contribution in [0.3, 0.4) is 0 Å². The zero-order valence-electron chi connectivity index (χ0n) is 13.6. The molecule has 1 heterocycles. The number of hydrogen-bond donors (Lipinski definition) is 2. The number of nitrogens with zero attached hydrogens (tertiary/aromatic N) is 1. The molecule has 0 aliphatic carbocycles. The van der Waals surface area contributed by atoms with Crippen LogP contribution in [0.15, 0.2) is 41.3 Å². The second-order valence-corrected chi connectivity index (χ2v) is 5.07. The van der Waals surface area contributed by atoms with Gasteiger partial charge in [0.2, 0.25) is 11.3 Å². The summed E-state index contributed by atoms with van der Waals surface area (Å²) in [4.78, 5) is 23.9. The highest BCUT2D eigenvalue weighted by Crippen LogP contribution is 2.16. The Morgan fingerprint density at radius 3 is 2.58 bits per heavy atom. The van der Waals surface area contributed by atoms with Gasteiger partial charge in [0, 0.05) is 23.9 Å². The number of aliphatic hydroxyl groups is 1. The smallest absolute Gasteiger partial charge is 0.240 e. The van der Waals surface area contributed by atoms with Gasteiger partial charge in [0.15, 0.2) is 5.75 Å². The van der Waals surface area contributed by atoms with Gasteiger partial charge in [-0.2, -0.15) is 0 Å². The SMILES string of the molecule is COc1ccccc1CNC(=O)Cn1cc(OC)c(=O)cc1CO. The molecule has 0 unspecified atom stereocenters. The number of carbonyl (C=O) groups excluding carboxylic acids is 1. The van der Waals surface area contributed by atoms with E-state index in [0.29, 0.717) is 18.0 Å². The van der Waals surface area contributed by atoms with Crippen LogP contribution in [-0.2, 0) is 24.5 Å². The van der Waals surface area contributed by atoms with Crippen LogP contribution >= 0.6 is 0 Å². The minimum Gasteiger partial charge on any atom is -0.496 e. The third-order valence-electron chi connectivity index (χ3n) is 3.55. The molecule has 0 saturated heterocycles. The summed E-state index contributed by atoms with van der Waals surface area (Å²) in [6, 6.07) is 8.65. The summed E-state index contributed by atoms with van der Waals surface area (Å²) in [7, 11) is 2.95. The van der Waals surface area contributed by atoms with Gasteiger partial charge in [-0.1, -0.05) is 18.2 Å². The van der Waals surface area contributed by atoms with Crippen LogP contribution in [0.1, 0.15) is 11.3 Å². The Labute approximate surface area is 139 Å². The Kier molecular flexibility index (Phi) is 5.97. The van der Waals surface area contributed by atoms with Crippen molar-refractivity contribution in [2.75, 3.05) is 14.2 Å². The summed E-state index contributed by atoms with van der Waals surface area (Å²) >= 11 is 0. The Morgan fingerprint density at radius 1 is 1.21 bits per heavy atom. The average Bonchev–Trinajstić information content (AvgIpc) is 2.61. The van der Waals surface area contributed by atoms with Crippen molar-refractivity contribution in [3.05, 3.63) is 58.0 Å². The molecular weight excluding hydrogens is 312 g/mol. The van der Waals surface area contributed by atoms with E-state index in [1.54, 1.807) is 7.11 Å². The van der Waals surface area contributed by atoms with Crippen molar-refractivity contribution in [3.63, 3.8) is 0 Å². The summed E-state index contributed by atoms with van der Waals surface area (Å²) < 4.78 is 11.7. The van der Waals surface area contributed by atoms with Crippen molar-refractivity contribution in [2.45, 2.75) is 19.7 Å². The lowest BCUT2D eigenvalue weighted by atomic mass is 10.2. The minimum atomic E-state index is -0.348. The molecule has 0 aliphatic rings. The molecule has 2 N–H and O–H groups in total. The van der Waals surface area contributed by atoms with Crippen molar-refractivity contribution >= 4 is 5.91 Å². The number of rotatable bonds is 7. The van der Waals surface area contributed by atoms with E-state index in [1.165, 1.54) is 23.9 Å². The maximum atomic E-state index is 12.2. The molecule has 24 heavy (non-hydrogen) atoms. The van der Waals surface area contributed by atoms with Gasteiger partial charge < -0.3 is 24.5 Å². The Morgan fingerprint density at radius 2 is 1.92 bits per heavy atom. The number of amides is 1. The van der Waals surface area contributed by atoms with Crippen LogP contribution in [0.5, 0.6) is 11.5 Å². The van der Waals surface area contributed by atoms with E-state index in [2.05, 4.69) is 5.32 Å².